The lowest BCUT2D eigenvalue weighted by atomic mass is 10.2. The first-order valence-corrected chi connectivity index (χ1v) is 7.51. The minimum absolute atomic E-state index is 0.948. The van der Waals surface area contributed by atoms with Crippen molar-refractivity contribution in [2.45, 2.75) is 6.92 Å². The molecule has 0 aliphatic carbocycles. The quantitative estimate of drug-likeness (QED) is 0.649. The van der Waals surface area contributed by atoms with E-state index in [1.807, 2.05) is 12.1 Å². The smallest absolute Gasteiger partial charge is 0.188 e. The number of rotatable bonds is 2. The van der Waals surface area contributed by atoms with Gasteiger partial charge in [-0.05, 0) is 53.3 Å². The van der Waals surface area contributed by atoms with Crippen molar-refractivity contribution >= 4 is 55.0 Å². The highest BCUT2D eigenvalue weighted by atomic mass is 127. The van der Waals surface area contributed by atoms with Gasteiger partial charge in [0.25, 0.3) is 0 Å². The second kappa shape index (κ2) is 4.85. The molecular formula is C14H11IN2S. The molecule has 0 spiro atoms. The monoisotopic (exact) mass is 366 g/mol. The van der Waals surface area contributed by atoms with Gasteiger partial charge in [-0.25, -0.2) is 4.98 Å². The summed E-state index contributed by atoms with van der Waals surface area (Å²) in [6.45, 7) is 2.10. The molecule has 1 heterocycles. The van der Waals surface area contributed by atoms with E-state index in [2.05, 4.69) is 70.1 Å². The van der Waals surface area contributed by atoms with Gasteiger partial charge in [0.1, 0.15) is 0 Å². The van der Waals surface area contributed by atoms with E-state index in [0.29, 0.717) is 0 Å². The standard InChI is InChI=1S/C14H11IN2S/c1-9-5-4-8-12-13(9)17-14(18-12)16-11-7-3-2-6-10(11)15/h2-8H,1H3,(H,16,17). The van der Waals surface area contributed by atoms with E-state index in [0.717, 1.165) is 16.3 Å². The molecule has 0 atom stereocenters. The summed E-state index contributed by atoms with van der Waals surface area (Å²) in [7, 11) is 0. The zero-order valence-corrected chi connectivity index (χ0v) is 12.7. The molecule has 0 fully saturated rings. The van der Waals surface area contributed by atoms with Crippen LogP contribution in [0, 0.1) is 10.5 Å². The van der Waals surface area contributed by atoms with Crippen LogP contribution >= 0.6 is 33.9 Å². The van der Waals surface area contributed by atoms with E-state index in [-0.39, 0.29) is 0 Å². The normalized spacial score (nSPS) is 10.8. The van der Waals surface area contributed by atoms with Crippen LogP contribution in [-0.2, 0) is 0 Å². The largest absolute Gasteiger partial charge is 0.331 e. The molecule has 0 saturated heterocycles. The molecule has 0 aliphatic heterocycles. The topological polar surface area (TPSA) is 24.9 Å². The van der Waals surface area contributed by atoms with Crippen LogP contribution in [0.5, 0.6) is 0 Å². The lowest BCUT2D eigenvalue weighted by Crippen LogP contribution is -1.91. The summed E-state index contributed by atoms with van der Waals surface area (Å²) in [4.78, 5) is 4.65. The van der Waals surface area contributed by atoms with Gasteiger partial charge in [-0.2, -0.15) is 0 Å². The number of halogens is 1. The number of hydrogen-bond donors (Lipinski definition) is 1. The van der Waals surface area contributed by atoms with E-state index >= 15 is 0 Å². The minimum atomic E-state index is 0.948. The van der Waals surface area contributed by atoms with Gasteiger partial charge in [0.15, 0.2) is 5.13 Å². The highest BCUT2D eigenvalue weighted by Gasteiger charge is 2.06. The lowest BCUT2D eigenvalue weighted by molar-refractivity contribution is 1.40. The molecule has 0 saturated carbocycles. The average molecular weight is 366 g/mol. The Hall–Kier alpha value is -1.14. The van der Waals surface area contributed by atoms with Crippen molar-refractivity contribution in [1.82, 2.24) is 4.98 Å². The third-order valence-corrected chi connectivity index (χ3v) is 4.61. The van der Waals surface area contributed by atoms with Gasteiger partial charge >= 0.3 is 0 Å². The maximum atomic E-state index is 4.65. The lowest BCUT2D eigenvalue weighted by Gasteiger charge is -2.03. The van der Waals surface area contributed by atoms with Gasteiger partial charge in [-0.3, -0.25) is 0 Å². The molecule has 18 heavy (non-hydrogen) atoms. The van der Waals surface area contributed by atoms with Gasteiger partial charge in [-0.15, -0.1) is 0 Å². The van der Waals surface area contributed by atoms with Gasteiger partial charge in [-0.1, -0.05) is 35.6 Å². The first kappa shape index (κ1) is 11.9. The number of para-hydroxylation sites is 2. The fourth-order valence-electron chi connectivity index (χ4n) is 1.82. The number of anilines is 2. The molecule has 4 heteroatoms. The van der Waals surface area contributed by atoms with Crippen molar-refractivity contribution in [3.63, 3.8) is 0 Å². The predicted molar refractivity (Wildman–Crippen MR) is 86.8 cm³/mol. The number of fused-ring (bicyclic) bond motifs is 1. The number of aromatic nitrogens is 1. The Kier molecular flexibility index (Phi) is 3.22. The maximum Gasteiger partial charge on any atom is 0.188 e. The molecule has 0 unspecified atom stereocenters. The van der Waals surface area contributed by atoms with Gasteiger partial charge < -0.3 is 5.32 Å². The summed E-state index contributed by atoms with van der Waals surface area (Å²) in [5, 5.41) is 4.34. The summed E-state index contributed by atoms with van der Waals surface area (Å²) in [6, 6.07) is 14.5. The SMILES string of the molecule is Cc1cccc2sc(Nc3ccccc3I)nc12. The number of benzene rings is 2. The van der Waals surface area contributed by atoms with Crippen LogP contribution in [0.4, 0.5) is 10.8 Å². The number of hydrogen-bond acceptors (Lipinski definition) is 3. The number of nitrogens with one attached hydrogen (secondary N) is 1. The Morgan fingerprint density at radius 3 is 2.72 bits per heavy atom. The molecular weight excluding hydrogens is 355 g/mol. The van der Waals surface area contributed by atoms with Crippen LogP contribution in [0.15, 0.2) is 42.5 Å². The van der Waals surface area contributed by atoms with Crippen molar-refractivity contribution < 1.29 is 0 Å². The third-order valence-electron chi connectivity index (χ3n) is 2.74. The fraction of sp³-hybridized carbons (Fsp3) is 0.0714. The molecule has 2 nitrogen and oxygen atoms in total. The van der Waals surface area contributed by atoms with Gasteiger partial charge in [0, 0.05) is 3.57 Å². The minimum Gasteiger partial charge on any atom is -0.331 e. The molecule has 2 aromatic carbocycles. The van der Waals surface area contributed by atoms with Crippen LogP contribution in [0.25, 0.3) is 10.2 Å². The number of nitrogens with zero attached hydrogens (tertiary/aromatic N) is 1. The van der Waals surface area contributed by atoms with Crippen molar-refractivity contribution in [2.24, 2.45) is 0 Å². The Bertz CT molecular complexity index is 706. The Morgan fingerprint density at radius 2 is 1.94 bits per heavy atom. The Morgan fingerprint density at radius 1 is 1.11 bits per heavy atom. The van der Waals surface area contributed by atoms with Crippen molar-refractivity contribution in [1.29, 1.82) is 0 Å². The fourth-order valence-corrected chi connectivity index (χ4v) is 3.30. The molecule has 90 valence electrons. The molecule has 0 radical (unpaired) electrons. The second-order valence-electron chi connectivity index (χ2n) is 4.05. The highest BCUT2D eigenvalue weighted by molar-refractivity contribution is 14.1. The van der Waals surface area contributed by atoms with Crippen LogP contribution in [-0.4, -0.2) is 4.98 Å². The van der Waals surface area contributed by atoms with Gasteiger partial charge in [0.2, 0.25) is 0 Å². The van der Waals surface area contributed by atoms with E-state index < -0.39 is 0 Å². The molecule has 0 amide bonds. The summed E-state index contributed by atoms with van der Waals surface area (Å²) >= 11 is 4.02. The average Bonchev–Trinajstić information content (AvgIpc) is 2.76. The van der Waals surface area contributed by atoms with Crippen LogP contribution in [0.3, 0.4) is 0 Å². The maximum absolute atomic E-state index is 4.65. The van der Waals surface area contributed by atoms with Crippen molar-refractivity contribution in [3.05, 3.63) is 51.6 Å². The molecule has 1 aromatic heterocycles. The first-order valence-electron chi connectivity index (χ1n) is 5.62. The van der Waals surface area contributed by atoms with E-state index in [1.54, 1.807) is 11.3 Å². The van der Waals surface area contributed by atoms with E-state index in [4.69, 9.17) is 0 Å². The van der Waals surface area contributed by atoms with Crippen LogP contribution in [0.2, 0.25) is 0 Å². The van der Waals surface area contributed by atoms with E-state index in [1.165, 1.54) is 13.8 Å². The second-order valence-corrected chi connectivity index (χ2v) is 6.24. The molecule has 0 bridgehead atoms. The summed E-state index contributed by atoms with van der Waals surface area (Å²) in [6.07, 6.45) is 0. The predicted octanol–water partition coefficient (Wildman–Crippen LogP) is 4.95. The third kappa shape index (κ3) is 2.22. The molecule has 3 rings (SSSR count). The molecule has 1 N–H and O–H groups in total. The molecule has 0 aliphatic rings. The Balaban J connectivity index is 2.01. The Labute approximate surface area is 123 Å². The summed E-state index contributed by atoms with van der Waals surface area (Å²) in [5.74, 6) is 0. The first-order chi connectivity index (χ1) is 8.74. The van der Waals surface area contributed by atoms with Crippen LogP contribution in [0.1, 0.15) is 5.56 Å². The van der Waals surface area contributed by atoms with Crippen molar-refractivity contribution in [2.75, 3.05) is 5.32 Å². The molecule has 3 aromatic rings. The highest BCUT2D eigenvalue weighted by Crippen LogP contribution is 2.31. The summed E-state index contributed by atoms with van der Waals surface area (Å²) in [5.41, 5.74) is 3.42. The van der Waals surface area contributed by atoms with E-state index in [9.17, 15) is 0 Å². The number of thiazole rings is 1. The summed E-state index contributed by atoms with van der Waals surface area (Å²) < 4.78 is 2.43. The zero-order valence-electron chi connectivity index (χ0n) is 9.77. The zero-order chi connectivity index (χ0) is 12.5. The van der Waals surface area contributed by atoms with Crippen molar-refractivity contribution in [3.8, 4) is 0 Å². The van der Waals surface area contributed by atoms with Gasteiger partial charge in [0.05, 0.1) is 15.9 Å². The number of aryl methyl sites for hydroxylation is 1. The van der Waals surface area contributed by atoms with Crippen LogP contribution < -0.4 is 5.32 Å².